The summed E-state index contributed by atoms with van der Waals surface area (Å²) in [5.41, 5.74) is 3.36. The molecule has 1 aliphatic carbocycles. The summed E-state index contributed by atoms with van der Waals surface area (Å²) in [6.45, 7) is 1.98. The number of likely N-dealkylation sites (tertiary alicyclic amines) is 1. The zero-order chi connectivity index (χ0) is 15.6. The van der Waals surface area contributed by atoms with Gasteiger partial charge in [0, 0.05) is 24.7 Å². The third-order valence-electron chi connectivity index (χ3n) is 4.71. The summed E-state index contributed by atoms with van der Waals surface area (Å²) in [6.07, 6.45) is 9.11. The minimum absolute atomic E-state index is 0.216. The minimum Gasteiger partial charge on any atom is -0.444 e. The highest BCUT2D eigenvalue weighted by molar-refractivity contribution is 5.72. The summed E-state index contributed by atoms with van der Waals surface area (Å²) >= 11 is 0. The molecule has 1 amide bonds. The van der Waals surface area contributed by atoms with Crippen LogP contribution in [0.25, 0.3) is 0 Å². The normalized spacial score (nSPS) is 25.3. The number of ether oxygens (including phenoxy) is 1. The molecule has 1 aromatic carbocycles. The van der Waals surface area contributed by atoms with Crippen LogP contribution in [0.15, 0.2) is 65.9 Å². The number of carbonyl (C=O) groups excluding carboxylic acids is 1. The highest BCUT2D eigenvalue weighted by Crippen LogP contribution is 2.36. The average molecular weight is 308 g/mol. The molecule has 0 bridgehead atoms. The Morgan fingerprint density at radius 1 is 1.26 bits per heavy atom. The number of carbonyl (C=O) groups is 1. The number of rotatable bonds is 2. The van der Waals surface area contributed by atoms with Gasteiger partial charge in [0.1, 0.15) is 6.61 Å². The van der Waals surface area contributed by atoms with Gasteiger partial charge in [-0.15, -0.1) is 0 Å². The van der Waals surface area contributed by atoms with Gasteiger partial charge < -0.3 is 10.1 Å². The molecule has 2 atom stereocenters. The highest BCUT2D eigenvalue weighted by atomic mass is 16.6. The maximum atomic E-state index is 12.6. The Morgan fingerprint density at radius 2 is 2.13 bits per heavy atom. The molecule has 23 heavy (non-hydrogen) atoms. The van der Waals surface area contributed by atoms with E-state index in [2.05, 4.69) is 23.5 Å². The predicted octanol–water partition coefficient (Wildman–Crippen LogP) is 3.00. The Kier molecular flexibility index (Phi) is 3.75. The third-order valence-corrected chi connectivity index (χ3v) is 4.71. The molecular formula is C19H20N2O2. The van der Waals surface area contributed by atoms with Crippen LogP contribution in [0.3, 0.4) is 0 Å². The van der Waals surface area contributed by atoms with Gasteiger partial charge in [-0.05, 0) is 17.6 Å². The molecule has 4 rings (SSSR count). The van der Waals surface area contributed by atoms with E-state index in [9.17, 15) is 4.79 Å². The first-order valence-electron chi connectivity index (χ1n) is 8.13. The molecule has 0 saturated carbocycles. The van der Waals surface area contributed by atoms with Crippen LogP contribution in [0.2, 0.25) is 0 Å². The van der Waals surface area contributed by atoms with Gasteiger partial charge in [-0.3, -0.25) is 4.90 Å². The van der Waals surface area contributed by atoms with Gasteiger partial charge in [-0.25, -0.2) is 4.79 Å². The standard InChI is InChI=1S/C19H20N2O2/c22-19(23-13-14-6-2-1-3-7-14)21-11-10-15-12-20-17-9-5-4-8-16(17)18(15)21/h1-9,15,17,20H,10-13H2. The number of fused-ring (bicyclic) bond motifs is 2. The molecule has 1 fully saturated rings. The van der Waals surface area contributed by atoms with Crippen molar-refractivity contribution in [1.29, 1.82) is 0 Å². The van der Waals surface area contributed by atoms with Crippen molar-refractivity contribution in [2.45, 2.75) is 19.1 Å². The smallest absolute Gasteiger partial charge is 0.414 e. The Labute approximate surface area is 136 Å². The first kappa shape index (κ1) is 14.3. The summed E-state index contributed by atoms with van der Waals surface area (Å²) in [6, 6.07) is 10.0. The van der Waals surface area contributed by atoms with E-state index >= 15 is 0 Å². The van der Waals surface area contributed by atoms with E-state index in [4.69, 9.17) is 4.74 Å². The van der Waals surface area contributed by atoms with E-state index < -0.39 is 0 Å². The molecule has 4 nitrogen and oxygen atoms in total. The first-order valence-corrected chi connectivity index (χ1v) is 8.13. The van der Waals surface area contributed by atoms with Gasteiger partial charge in [0.25, 0.3) is 0 Å². The van der Waals surface area contributed by atoms with Crippen molar-refractivity contribution in [2.75, 3.05) is 13.1 Å². The molecule has 0 radical (unpaired) electrons. The van der Waals surface area contributed by atoms with E-state index in [0.717, 1.165) is 30.8 Å². The van der Waals surface area contributed by atoms with Crippen molar-refractivity contribution in [3.63, 3.8) is 0 Å². The summed E-state index contributed by atoms with van der Waals surface area (Å²) in [5, 5.41) is 3.54. The Hall–Kier alpha value is -2.33. The summed E-state index contributed by atoms with van der Waals surface area (Å²) in [5.74, 6) is 0.404. The lowest BCUT2D eigenvalue weighted by molar-refractivity contribution is 0.110. The van der Waals surface area contributed by atoms with E-state index in [-0.39, 0.29) is 12.1 Å². The molecule has 1 aromatic rings. The largest absolute Gasteiger partial charge is 0.444 e. The number of hydrogen-bond donors (Lipinski definition) is 1. The number of amides is 1. The number of nitrogens with one attached hydrogen (secondary N) is 1. The monoisotopic (exact) mass is 308 g/mol. The third kappa shape index (κ3) is 2.70. The van der Waals surface area contributed by atoms with Gasteiger partial charge >= 0.3 is 6.09 Å². The summed E-state index contributed by atoms with van der Waals surface area (Å²) in [7, 11) is 0. The number of allylic oxidation sites excluding steroid dienone is 2. The fraction of sp³-hybridized carbons (Fsp3) is 0.316. The van der Waals surface area contributed by atoms with Crippen LogP contribution in [0.5, 0.6) is 0 Å². The lowest BCUT2D eigenvalue weighted by Gasteiger charge is -2.32. The highest BCUT2D eigenvalue weighted by Gasteiger charge is 2.39. The van der Waals surface area contributed by atoms with Crippen LogP contribution in [0, 0.1) is 5.92 Å². The molecule has 2 heterocycles. The Bertz CT molecular complexity index is 691. The maximum Gasteiger partial charge on any atom is 0.414 e. The summed E-state index contributed by atoms with van der Waals surface area (Å²) in [4.78, 5) is 14.4. The molecule has 3 aliphatic rings. The van der Waals surface area contributed by atoms with Crippen molar-refractivity contribution in [3.05, 3.63) is 71.5 Å². The van der Waals surface area contributed by atoms with Crippen LogP contribution in [-0.2, 0) is 11.3 Å². The second kappa shape index (κ2) is 6.05. The topological polar surface area (TPSA) is 41.6 Å². The van der Waals surface area contributed by atoms with Crippen molar-refractivity contribution >= 4 is 6.09 Å². The van der Waals surface area contributed by atoms with E-state index in [1.165, 1.54) is 5.57 Å². The van der Waals surface area contributed by atoms with Crippen molar-refractivity contribution in [2.24, 2.45) is 5.92 Å². The molecule has 0 aromatic heterocycles. The molecular weight excluding hydrogens is 288 g/mol. The van der Waals surface area contributed by atoms with Crippen molar-refractivity contribution in [3.8, 4) is 0 Å². The number of benzene rings is 1. The van der Waals surface area contributed by atoms with Crippen molar-refractivity contribution < 1.29 is 9.53 Å². The SMILES string of the molecule is O=C(OCc1ccccc1)N1CCC2CNC3C=CC=CC3=C21. The van der Waals surface area contributed by atoms with E-state index in [1.54, 1.807) is 0 Å². The van der Waals surface area contributed by atoms with Crippen LogP contribution < -0.4 is 5.32 Å². The molecule has 0 spiro atoms. The predicted molar refractivity (Wildman–Crippen MR) is 88.5 cm³/mol. The van der Waals surface area contributed by atoms with Gasteiger partial charge in [0.15, 0.2) is 0 Å². The van der Waals surface area contributed by atoms with Crippen LogP contribution in [0.1, 0.15) is 12.0 Å². The zero-order valence-electron chi connectivity index (χ0n) is 12.9. The quantitative estimate of drug-likeness (QED) is 0.913. The maximum absolute atomic E-state index is 12.6. The first-order chi connectivity index (χ1) is 11.3. The molecule has 118 valence electrons. The van der Waals surface area contributed by atoms with Gasteiger partial charge in [-0.2, -0.15) is 0 Å². The van der Waals surface area contributed by atoms with Crippen LogP contribution in [-0.4, -0.2) is 30.1 Å². The van der Waals surface area contributed by atoms with Gasteiger partial charge in [0.05, 0.1) is 6.04 Å². The second-order valence-corrected chi connectivity index (χ2v) is 6.15. The molecule has 4 heteroatoms. The minimum atomic E-state index is -0.234. The summed E-state index contributed by atoms with van der Waals surface area (Å²) < 4.78 is 5.53. The lowest BCUT2D eigenvalue weighted by atomic mass is 9.89. The van der Waals surface area contributed by atoms with E-state index in [1.807, 2.05) is 41.3 Å². The molecule has 2 aliphatic heterocycles. The molecule has 1 N–H and O–H groups in total. The Balaban J connectivity index is 1.52. The molecule has 1 saturated heterocycles. The Morgan fingerprint density at radius 3 is 3.00 bits per heavy atom. The van der Waals surface area contributed by atoms with Crippen LogP contribution in [0.4, 0.5) is 4.79 Å². The molecule has 2 unspecified atom stereocenters. The fourth-order valence-electron chi connectivity index (χ4n) is 3.57. The number of nitrogens with zero attached hydrogens (tertiary/aromatic N) is 1. The van der Waals surface area contributed by atoms with E-state index in [0.29, 0.717) is 12.5 Å². The number of hydrogen-bond acceptors (Lipinski definition) is 3. The van der Waals surface area contributed by atoms with Crippen LogP contribution >= 0.6 is 0 Å². The van der Waals surface area contributed by atoms with Crippen molar-refractivity contribution in [1.82, 2.24) is 10.2 Å². The lowest BCUT2D eigenvalue weighted by Crippen LogP contribution is -2.42. The fourth-order valence-corrected chi connectivity index (χ4v) is 3.57. The second-order valence-electron chi connectivity index (χ2n) is 6.15. The van der Waals surface area contributed by atoms with Gasteiger partial charge in [-0.1, -0.05) is 54.6 Å². The zero-order valence-corrected chi connectivity index (χ0v) is 12.9. The van der Waals surface area contributed by atoms with Gasteiger partial charge in [0.2, 0.25) is 0 Å². The average Bonchev–Trinajstić information content (AvgIpc) is 3.05.